The van der Waals surface area contributed by atoms with Crippen LogP contribution in [0.2, 0.25) is 0 Å². The summed E-state index contributed by atoms with van der Waals surface area (Å²) in [6.45, 7) is 1.45. The highest BCUT2D eigenvalue weighted by atomic mass is 16.5. The van der Waals surface area contributed by atoms with Crippen LogP contribution in [-0.4, -0.2) is 32.1 Å². The molecule has 0 saturated carbocycles. The van der Waals surface area contributed by atoms with Crippen LogP contribution in [0.5, 0.6) is 17.2 Å². The summed E-state index contributed by atoms with van der Waals surface area (Å²) in [4.78, 5) is 23.4. The van der Waals surface area contributed by atoms with E-state index in [9.17, 15) is 9.59 Å². The van der Waals surface area contributed by atoms with E-state index in [0.29, 0.717) is 17.2 Å². The fourth-order valence-corrected chi connectivity index (χ4v) is 1.91. The fourth-order valence-electron chi connectivity index (χ4n) is 1.91. The van der Waals surface area contributed by atoms with Gasteiger partial charge in [-0.05, 0) is 36.8 Å². The van der Waals surface area contributed by atoms with Gasteiger partial charge in [0.2, 0.25) is 0 Å². The van der Waals surface area contributed by atoms with Crippen LogP contribution in [-0.2, 0) is 9.59 Å². The molecule has 0 aliphatic heterocycles. The van der Waals surface area contributed by atoms with Gasteiger partial charge in [0.05, 0.1) is 7.11 Å². The second-order valence-corrected chi connectivity index (χ2v) is 5.14. The molecular weight excluding hydrogens is 324 g/mol. The van der Waals surface area contributed by atoms with Crippen molar-refractivity contribution in [1.29, 1.82) is 0 Å². The van der Waals surface area contributed by atoms with Crippen LogP contribution in [0.4, 0.5) is 0 Å². The Labute approximate surface area is 145 Å². The highest BCUT2D eigenvalue weighted by Crippen LogP contribution is 2.27. The van der Waals surface area contributed by atoms with E-state index in [1.54, 1.807) is 36.4 Å². The second-order valence-electron chi connectivity index (χ2n) is 5.14. The van der Waals surface area contributed by atoms with Crippen molar-refractivity contribution in [3.8, 4) is 17.2 Å². The number of nitrogens with one attached hydrogen (secondary N) is 2. The number of ether oxygens (including phenoxy) is 3. The Kier molecular flexibility index (Phi) is 6.65. The van der Waals surface area contributed by atoms with Gasteiger partial charge in [0.15, 0.2) is 24.7 Å². The first kappa shape index (κ1) is 18.1. The van der Waals surface area contributed by atoms with E-state index in [1.807, 2.05) is 19.1 Å². The molecule has 0 unspecified atom stereocenters. The molecule has 0 saturated heterocycles. The summed E-state index contributed by atoms with van der Waals surface area (Å²) >= 11 is 0. The van der Waals surface area contributed by atoms with E-state index in [4.69, 9.17) is 14.2 Å². The number of rotatable bonds is 7. The van der Waals surface area contributed by atoms with Crippen LogP contribution in [0.15, 0.2) is 48.5 Å². The van der Waals surface area contributed by atoms with Crippen molar-refractivity contribution in [2.45, 2.75) is 6.92 Å². The molecule has 0 aromatic heterocycles. The van der Waals surface area contributed by atoms with Gasteiger partial charge in [0.1, 0.15) is 5.75 Å². The van der Waals surface area contributed by atoms with Crippen LogP contribution in [0.25, 0.3) is 0 Å². The number of aryl methyl sites for hydroxylation is 1. The number of hydrazine groups is 1. The summed E-state index contributed by atoms with van der Waals surface area (Å²) in [7, 11) is 1.52. The van der Waals surface area contributed by atoms with Gasteiger partial charge in [-0.3, -0.25) is 20.4 Å². The van der Waals surface area contributed by atoms with Crippen LogP contribution >= 0.6 is 0 Å². The normalized spacial score (nSPS) is 9.84. The Bertz CT molecular complexity index is 719. The summed E-state index contributed by atoms with van der Waals surface area (Å²) < 4.78 is 15.8. The molecule has 0 heterocycles. The Morgan fingerprint density at radius 2 is 1.52 bits per heavy atom. The Hall–Kier alpha value is -3.22. The molecular formula is C18H20N2O5. The zero-order valence-electron chi connectivity index (χ0n) is 14.1. The molecule has 2 amide bonds. The maximum absolute atomic E-state index is 11.7. The maximum atomic E-state index is 11.7. The standard InChI is InChI=1S/C18H20N2O5/c1-13-8-9-15(16(10-13)23-2)25-12-18(22)20-19-17(21)11-24-14-6-4-3-5-7-14/h3-10H,11-12H2,1-2H3,(H,19,21)(H,20,22). The van der Waals surface area contributed by atoms with E-state index < -0.39 is 11.8 Å². The van der Waals surface area contributed by atoms with E-state index >= 15 is 0 Å². The topological polar surface area (TPSA) is 85.9 Å². The first-order valence-corrected chi connectivity index (χ1v) is 7.61. The summed E-state index contributed by atoms with van der Waals surface area (Å²) in [5.74, 6) is 0.565. The lowest BCUT2D eigenvalue weighted by atomic mass is 10.2. The molecule has 0 spiro atoms. The molecule has 2 aromatic rings. The van der Waals surface area contributed by atoms with Crippen molar-refractivity contribution in [1.82, 2.24) is 10.9 Å². The first-order chi connectivity index (χ1) is 12.1. The number of amides is 2. The molecule has 2 rings (SSSR count). The van der Waals surface area contributed by atoms with E-state index in [0.717, 1.165) is 5.56 Å². The largest absolute Gasteiger partial charge is 0.493 e. The zero-order valence-corrected chi connectivity index (χ0v) is 14.1. The lowest BCUT2D eigenvalue weighted by Gasteiger charge is -2.12. The SMILES string of the molecule is COc1cc(C)ccc1OCC(=O)NNC(=O)COc1ccccc1. The third kappa shape index (κ3) is 6.06. The third-order valence-corrected chi connectivity index (χ3v) is 3.13. The van der Waals surface area contributed by atoms with Gasteiger partial charge in [0, 0.05) is 0 Å². The highest BCUT2D eigenvalue weighted by Gasteiger charge is 2.09. The van der Waals surface area contributed by atoms with Crippen molar-refractivity contribution >= 4 is 11.8 Å². The number of hydrogen-bond donors (Lipinski definition) is 2. The lowest BCUT2D eigenvalue weighted by Crippen LogP contribution is -2.45. The van der Waals surface area contributed by atoms with Gasteiger partial charge in [-0.25, -0.2) is 0 Å². The van der Waals surface area contributed by atoms with Crippen LogP contribution in [0, 0.1) is 6.92 Å². The van der Waals surface area contributed by atoms with Gasteiger partial charge in [0.25, 0.3) is 11.8 Å². The maximum Gasteiger partial charge on any atom is 0.276 e. The first-order valence-electron chi connectivity index (χ1n) is 7.61. The molecule has 7 nitrogen and oxygen atoms in total. The van der Waals surface area contributed by atoms with Crippen molar-refractivity contribution in [2.24, 2.45) is 0 Å². The minimum atomic E-state index is -0.504. The smallest absolute Gasteiger partial charge is 0.276 e. The van der Waals surface area contributed by atoms with Gasteiger partial charge in [-0.2, -0.15) is 0 Å². The molecule has 0 aliphatic rings. The number of para-hydroxylation sites is 1. The summed E-state index contributed by atoms with van der Waals surface area (Å²) in [5.41, 5.74) is 5.52. The summed E-state index contributed by atoms with van der Waals surface area (Å²) in [6.07, 6.45) is 0. The second kappa shape index (κ2) is 9.17. The summed E-state index contributed by atoms with van der Waals surface area (Å²) in [6, 6.07) is 14.3. The fraction of sp³-hybridized carbons (Fsp3) is 0.222. The van der Waals surface area contributed by atoms with Crippen LogP contribution in [0.3, 0.4) is 0 Å². The number of methoxy groups -OCH3 is 1. The molecule has 0 bridgehead atoms. The zero-order chi connectivity index (χ0) is 18.1. The van der Waals surface area contributed by atoms with Gasteiger partial charge < -0.3 is 14.2 Å². The monoisotopic (exact) mass is 344 g/mol. The quantitative estimate of drug-likeness (QED) is 0.745. The minimum absolute atomic E-state index is 0.211. The molecule has 25 heavy (non-hydrogen) atoms. The third-order valence-electron chi connectivity index (χ3n) is 3.13. The number of carbonyl (C=O) groups excluding carboxylic acids is 2. The van der Waals surface area contributed by atoms with Crippen molar-refractivity contribution < 1.29 is 23.8 Å². The highest BCUT2D eigenvalue weighted by molar-refractivity contribution is 5.83. The van der Waals surface area contributed by atoms with Gasteiger partial charge in [-0.15, -0.1) is 0 Å². The van der Waals surface area contributed by atoms with Gasteiger partial charge >= 0.3 is 0 Å². The van der Waals surface area contributed by atoms with Crippen molar-refractivity contribution in [2.75, 3.05) is 20.3 Å². The lowest BCUT2D eigenvalue weighted by molar-refractivity contribution is -0.131. The van der Waals surface area contributed by atoms with E-state index in [1.165, 1.54) is 7.11 Å². The molecule has 2 N–H and O–H groups in total. The predicted octanol–water partition coefficient (Wildman–Crippen LogP) is 1.61. The summed E-state index contributed by atoms with van der Waals surface area (Å²) in [5, 5.41) is 0. The van der Waals surface area contributed by atoms with E-state index in [-0.39, 0.29) is 13.2 Å². The van der Waals surface area contributed by atoms with E-state index in [2.05, 4.69) is 10.9 Å². The molecule has 0 aliphatic carbocycles. The molecule has 132 valence electrons. The molecule has 7 heteroatoms. The average Bonchev–Trinajstić information content (AvgIpc) is 2.64. The number of benzene rings is 2. The van der Waals surface area contributed by atoms with Crippen molar-refractivity contribution in [3.63, 3.8) is 0 Å². The Balaban J connectivity index is 1.71. The predicted molar refractivity (Wildman–Crippen MR) is 91.4 cm³/mol. The number of carbonyl (C=O) groups is 2. The molecule has 0 fully saturated rings. The molecule has 0 radical (unpaired) electrons. The molecule has 2 aromatic carbocycles. The van der Waals surface area contributed by atoms with Gasteiger partial charge in [-0.1, -0.05) is 24.3 Å². The van der Waals surface area contributed by atoms with Crippen LogP contribution < -0.4 is 25.1 Å². The van der Waals surface area contributed by atoms with Crippen molar-refractivity contribution in [3.05, 3.63) is 54.1 Å². The number of hydrogen-bond acceptors (Lipinski definition) is 5. The molecule has 0 atom stereocenters. The Morgan fingerprint density at radius 1 is 0.880 bits per heavy atom. The average molecular weight is 344 g/mol. The minimum Gasteiger partial charge on any atom is -0.493 e. The van der Waals surface area contributed by atoms with Crippen LogP contribution in [0.1, 0.15) is 5.56 Å². The Morgan fingerprint density at radius 3 is 2.16 bits per heavy atom.